The lowest BCUT2D eigenvalue weighted by molar-refractivity contribution is -0.525. The van der Waals surface area contributed by atoms with Crippen molar-refractivity contribution in [1.82, 2.24) is 0 Å². The van der Waals surface area contributed by atoms with Gasteiger partial charge in [-0.2, -0.15) is 0 Å². The Morgan fingerprint density at radius 1 is 1.78 bits per heavy atom. The molecule has 1 rings (SSSR count). The van der Waals surface area contributed by atoms with Gasteiger partial charge in [-0.25, -0.2) is 0 Å². The lowest BCUT2D eigenvalue weighted by atomic mass is 10.2. The van der Waals surface area contributed by atoms with E-state index in [9.17, 15) is 10.1 Å². The first-order valence-electron chi connectivity index (χ1n) is 2.71. The predicted octanol–water partition coefficient (Wildman–Crippen LogP) is 0.566. The molecular weight excluding hydrogens is 122 g/mol. The van der Waals surface area contributed by atoms with Crippen LogP contribution in [-0.4, -0.2) is 17.6 Å². The second-order valence-corrected chi connectivity index (χ2v) is 1.88. The van der Waals surface area contributed by atoms with Gasteiger partial charge in [-0.3, -0.25) is 10.1 Å². The summed E-state index contributed by atoms with van der Waals surface area (Å²) >= 11 is 0. The first-order chi connectivity index (χ1) is 4.30. The minimum Gasteiger partial charge on any atom is -0.494 e. The average Bonchev–Trinajstić information content (AvgIpc) is 1.90. The molecule has 1 atom stereocenters. The fraction of sp³-hybridized carbons (Fsp3) is 0.600. The van der Waals surface area contributed by atoms with Gasteiger partial charge in [0.2, 0.25) is 6.04 Å². The number of hydrogen-bond donors (Lipinski definition) is 0. The van der Waals surface area contributed by atoms with E-state index in [0.29, 0.717) is 6.42 Å². The molecule has 9 heavy (non-hydrogen) atoms. The van der Waals surface area contributed by atoms with Crippen molar-refractivity contribution < 1.29 is 9.66 Å². The second kappa shape index (κ2) is 2.48. The molecule has 1 aliphatic heterocycles. The molecule has 0 bridgehead atoms. The lowest BCUT2D eigenvalue weighted by Crippen LogP contribution is -2.25. The molecule has 0 fully saturated rings. The number of ether oxygens (including phenoxy) is 1. The van der Waals surface area contributed by atoms with Gasteiger partial charge in [0.15, 0.2) is 6.61 Å². The molecule has 0 saturated carbocycles. The van der Waals surface area contributed by atoms with E-state index in [1.54, 1.807) is 6.08 Å². The van der Waals surface area contributed by atoms with Crippen LogP contribution in [0.5, 0.6) is 0 Å². The summed E-state index contributed by atoms with van der Waals surface area (Å²) in [5.74, 6) is 0. The van der Waals surface area contributed by atoms with E-state index in [0.717, 1.165) is 0 Å². The monoisotopic (exact) mass is 129 g/mol. The normalized spacial score (nSPS) is 25.1. The molecule has 0 amide bonds. The van der Waals surface area contributed by atoms with Crippen LogP contribution < -0.4 is 0 Å². The van der Waals surface area contributed by atoms with Gasteiger partial charge in [-0.05, 0) is 6.08 Å². The maximum absolute atomic E-state index is 10.0. The summed E-state index contributed by atoms with van der Waals surface area (Å²) in [4.78, 5) is 9.73. The zero-order valence-corrected chi connectivity index (χ0v) is 4.82. The van der Waals surface area contributed by atoms with Crippen LogP contribution in [0.4, 0.5) is 0 Å². The molecule has 0 saturated heterocycles. The van der Waals surface area contributed by atoms with E-state index in [1.165, 1.54) is 6.26 Å². The Kier molecular flexibility index (Phi) is 1.67. The van der Waals surface area contributed by atoms with Gasteiger partial charge < -0.3 is 4.74 Å². The average molecular weight is 129 g/mol. The molecule has 0 aromatic carbocycles. The van der Waals surface area contributed by atoms with Gasteiger partial charge in [-0.1, -0.05) is 0 Å². The van der Waals surface area contributed by atoms with Crippen molar-refractivity contribution in [3.8, 4) is 0 Å². The maximum atomic E-state index is 10.0. The molecular formula is C5H7NO3. The molecule has 0 aromatic heterocycles. The molecule has 0 radical (unpaired) electrons. The van der Waals surface area contributed by atoms with Gasteiger partial charge in [-0.15, -0.1) is 0 Å². The molecule has 1 aliphatic rings. The Balaban J connectivity index is 2.44. The summed E-state index contributed by atoms with van der Waals surface area (Å²) in [5.41, 5.74) is 0. The van der Waals surface area contributed by atoms with Crippen molar-refractivity contribution in [2.24, 2.45) is 0 Å². The standard InChI is InChI=1S/C5H7NO3/c7-6(8)5-2-1-3-9-4-5/h1,3,5H,2,4H2. The third-order valence-corrected chi connectivity index (χ3v) is 1.19. The minimum atomic E-state index is -0.532. The number of nitrogens with zero attached hydrogens (tertiary/aromatic N) is 1. The molecule has 0 aliphatic carbocycles. The van der Waals surface area contributed by atoms with Crippen LogP contribution in [0.3, 0.4) is 0 Å². The smallest absolute Gasteiger partial charge is 0.250 e. The highest BCUT2D eigenvalue weighted by atomic mass is 16.6. The predicted molar refractivity (Wildman–Crippen MR) is 30.5 cm³/mol. The summed E-state index contributed by atoms with van der Waals surface area (Å²) < 4.78 is 4.72. The number of hydrogen-bond acceptors (Lipinski definition) is 3. The van der Waals surface area contributed by atoms with Crippen molar-refractivity contribution in [2.75, 3.05) is 6.61 Å². The third kappa shape index (κ3) is 1.42. The number of rotatable bonds is 1. The first-order valence-corrected chi connectivity index (χ1v) is 2.71. The SMILES string of the molecule is O=[N+]([O-])C1CC=COC1. The van der Waals surface area contributed by atoms with Crippen LogP contribution in [0, 0.1) is 10.1 Å². The molecule has 1 unspecified atom stereocenters. The zero-order chi connectivity index (χ0) is 6.69. The molecule has 0 aromatic rings. The summed E-state index contributed by atoms with van der Waals surface area (Å²) in [6.07, 6.45) is 3.66. The van der Waals surface area contributed by atoms with E-state index in [4.69, 9.17) is 4.74 Å². The topological polar surface area (TPSA) is 52.4 Å². The summed E-state index contributed by atoms with van der Waals surface area (Å²) in [7, 11) is 0. The first kappa shape index (κ1) is 6.07. The molecule has 50 valence electrons. The Bertz CT molecular complexity index is 143. The van der Waals surface area contributed by atoms with Crippen molar-refractivity contribution in [1.29, 1.82) is 0 Å². The highest BCUT2D eigenvalue weighted by Gasteiger charge is 2.20. The van der Waals surface area contributed by atoms with Crippen LogP contribution in [0.25, 0.3) is 0 Å². The van der Waals surface area contributed by atoms with Gasteiger partial charge in [0.25, 0.3) is 0 Å². The Morgan fingerprint density at radius 3 is 2.89 bits per heavy atom. The van der Waals surface area contributed by atoms with E-state index in [2.05, 4.69) is 0 Å². The van der Waals surface area contributed by atoms with E-state index < -0.39 is 6.04 Å². The maximum Gasteiger partial charge on any atom is 0.250 e. The molecule has 1 heterocycles. The van der Waals surface area contributed by atoms with Crippen molar-refractivity contribution in [2.45, 2.75) is 12.5 Å². The quantitative estimate of drug-likeness (QED) is 0.384. The lowest BCUT2D eigenvalue weighted by Gasteiger charge is -2.09. The number of nitro groups is 1. The van der Waals surface area contributed by atoms with Crippen LogP contribution in [-0.2, 0) is 4.74 Å². The fourth-order valence-corrected chi connectivity index (χ4v) is 0.662. The van der Waals surface area contributed by atoms with Crippen molar-refractivity contribution in [3.05, 3.63) is 22.5 Å². The molecule has 4 heteroatoms. The van der Waals surface area contributed by atoms with Crippen LogP contribution >= 0.6 is 0 Å². The van der Waals surface area contributed by atoms with Crippen molar-refractivity contribution >= 4 is 0 Å². The van der Waals surface area contributed by atoms with Gasteiger partial charge in [0.1, 0.15) is 0 Å². The summed E-state index contributed by atoms with van der Waals surface area (Å²) in [6, 6.07) is -0.532. The summed E-state index contributed by atoms with van der Waals surface area (Å²) in [6.45, 7) is 0.212. The fourth-order valence-electron chi connectivity index (χ4n) is 0.662. The Labute approximate surface area is 52.3 Å². The van der Waals surface area contributed by atoms with E-state index in [-0.39, 0.29) is 11.5 Å². The van der Waals surface area contributed by atoms with Crippen molar-refractivity contribution in [3.63, 3.8) is 0 Å². The minimum absolute atomic E-state index is 0.212. The highest BCUT2D eigenvalue weighted by molar-refractivity contribution is 4.82. The van der Waals surface area contributed by atoms with E-state index >= 15 is 0 Å². The van der Waals surface area contributed by atoms with Crippen LogP contribution in [0.1, 0.15) is 6.42 Å². The zero-order valence-electron chi connectivity index (χ0n) is 4.82. The Morgan fingerprint density at radius 2 is 2.56 bits per heavy atom. The molecule has 0 N–H and O–H groups in total. The Hall–Kier alpha value is -1.06. The van der Waals surface area contributed by atoms with Gasteiger partial charge in [0.05, 0.1) is 6.26 Å². The van der Waals surface area contributed by atoms with E-state index in [1.807, 2.05) is 0 Å². The van der Waals surface area contributed by atoms with Crippen LogP contribution in [0.15, 0.2) is 12.3 Å². The second-order valence-electron chi connectivity index (χ2n) is 1.88. The summed E-state index contributed by atoms with van der Waals surface area (Å²) in [5, 5.41) is 10.0. The van der Waals surface area contributed by atoms with Crippen LogP contribution in [0.2, 0.25) is 0 Å². The van der Waals surface area contributed by atoms with Gasteiger partial charge >= 0.3 is 0 Å². The highest BCUT2D eigenvalue weighted by Crippen LogP contribution is 2.04. The molecule has 0 spiro atoms. The van der Waals surface area contributed by atoms with Gasteiger partial charge in [0, 0.05) is 11.3 Å². The largest absolute Gasteiger partial charge is 0.494 e. The molecule has 4 nitrogen and oxygen atoms in total. The third-order valence-electron chi connectivity index (χ3n) is 1.19.